The van der Waals surface area contributed by atoms with Crippen molar-refractivity contribution in [2.45, 2.75) is 6.54 Å². The van der Waals surface area contributed by atoms with E-state index < -0.39 is 5.97 Å². The molecule has 100 valence electrons. The third-order valence-corrected chi connectivity index (χ3v) is 2.89. The Balaban J connectivity index is 2.17. The van der Waals surface area contributed by atoms with Crippen LogP contribution in [0.25, 0.3) is 0 Å². The Kier molecular flexibility index (Phi) is 3.96. The Morgan fingerprint density at radius 2 is 2.05 bits per heavy atom. The Morgan fingerprint density at radius 1 is 1.35 bits per heavy atom. The highest BCUT2D eigenvalue weighted by Gasteiger charge is 2.09. The smallest absolute Gasteiger partial charge is 0.335 e. The van der Waals surface area contributed by atoms with Crippen LogP contribution in [0, 0.1) is 11.3 Å². The first kappa shape index (κ1) is 13.6. The monoisotopic (exact) mass is 267 g/mol. The molecule has 1 heterocycles. The van der Waals surface area contributed by atoms with Gasteiger partial charge in [0, 0.05) is 19.8 Å². The first-order chi connectivity index (χ1) is 9.61. The molecule has 0 unspecified atom stereocenters. The van der Waals surface area contributed by atoms with Crippen molar-refractivity contribution in [3.8, 4) is 6.07 Å². The van der Waals surface area contributed by atoms with Gasteiger partial charge < -0.3 is 10.0 Å². The van der Waals surface area contributed by atoms with Crippen molar-refractivity contribution in [3.63, 3.8) is 0 Å². The minimum Gasteiger partial charge on any atom is -0.478 e. The summed E-state index contributed by atoms with van der Waals surface area (Å²) in [5.74, 6) is -0.335. The van der Waals surface area contributed by atoms with Crippen LogP contribution in [0.2, 0.25) is 0 Å². The Hall–Kier alpha value is -2.87. The lowest BCUT2D eigenvalue weighted by atomic mass is 10.1. The summed E-state index contributed by atoms with van der Waals surface area (Å²) in [6, 6.07) is 12.2. The number of aromatic carboxylic acids is 1. The van der Waals surface area contributed by atoms with Crippen LogP contribution in [-0.4, -0.2) is 23.1 Å². The first-order valence-electron chi connectivity index (χ1n) is 6.00. The van der Waals surface area contributed by atoms with Gasteiger partial charge in [0.05, 0.1) is 11.1 Å². The fraction of sp³-hybridized carbons (Fsp3) is 0.133. The molecule has 5 nitrogen and oxygen atoms in total. The number of pyridine rings is 1. The summed E-state index contributed by atoms with van der Waals surface area (Å²) < 4.78 is 0. The van der Waals surface area contributed by atoms with Crippen molar-refractivity contribution in [2.24, 2.45) is 0 Å². The zero-order chi connectivity index (χ0) is 14.5. The number of hydrogen-bond donors (Lipinski definition) is 1. The maximum absolute atomic E-state index is 10.8. The van der Waals surface area contributed by atoms with Crippen LogP contribution in [0.15, 0.2) is 42.6 Å². The molecule has 0 fully saturated rings. The van der Waals surface area contributed by atoms with Crippen molar-refractivity contribution < 1.29 is 9.90 Å². The van der Waals surface area contributed by atoms with E-state index in [9.17, 15) is 4.79 Å². The molecule has 0 radical (unpaired) electrons. The predicted octanol–water partition coefficient (Wildman–Crippen LogP) is 2.29. The molecule has 20 heavy (non-hydrogen) atoms. The molecule has 0 spiro atoms. The van der Waals surface area contributed by atoms with Gasteiger partial charge in [0.2, 0.25) is 0 Å². The maximum atomic E-state index is 10.8. The van der Waals surface area contributed by atoms with Crippen LogP contribution in [-0.2, 0) is 6.54 Å². The summed E-state index contributed by atoms with van der Waals surface area (Å²) in [5, 5.41) is 17.9. The number of anilines is 1. The molecule has 0 saturated heterocycles. The summed E-state index contributed by atoms with van der Waals surface area (Å²) in [6.07, 6.45) is 1.64. The first-order valence-corrected chi connectivity index (χ1v) is 6.00. The number of benzene rings is 1. The van der Waals surface area contributed by atoms with Gasteiger partial charge in [-0.05, 0) is 29.8 Å². The zero-order valence-corrected chi connectivity index (χ0v) is 10.9. The van der Waals surface area contributed by atoms with Crippen LogP contribution in [0.3, 0.4) is 0 Å². The van der Waals surface area contributed by atoms with Crippen molar-refractivity contribution in [1.82, 2.24) is 4.98 Å². The Labute approximate surface area is 116 Å². The quantitative estimate of drug-likeness (QED) is 0.919. The number of carboxylic acid groups (broad SMARTS) is 1. The molecule has 1 aromatic heterocycles. The summed E-state index contributed by atoms with van der Waals surface area (Å²) in [5.41, 5.74) is 1.72. The number of carbonyl (C=O) groups is 1. The number of aromatic nitrogens is 1. The molecule has 0 saturated carbocycles. The highest BCUT2D eigenvalue weighted by molar-refractivity contribution is 5.87. The van der Waals surface area contributed by atoms with E-state index in [1.54, 1.807) is 42.6 Å². The highest BCUT2D eigenvalue weighted by Crippen LogP contribution is 2.17. The van der Waals surface area contributed by atoms with E-state index in [0.717, 1.165) is 5.56 Å². The molecule has 1 aromatic carbocycles. The number of rotatable bonds is 4. The van der Waals surface area contributed by atoms with Gasteiger partial charge >= 0.3 is 5.97 Å². The van der Waals surface area contributed by atoms with E-state index in [2.05, 4.69) is 11.1 Å². The van der Waals surface area contributed by atoms with E-state index in [0.29, 0.717) is 17.9 Å². The summed E-state index contributed by atoms with van der Waals surface area (Å²) >= 11 is 0. The molecule has 0 atom stereocenters. The SMILES string of the molecule is CN(Cc1ccc(C(=O)O)cc1)c1ncccc1C#N. The van der Waals surface area contributed by atoms with E-state index >= 15 is 0 Å². The molecule has 0 amide bonds. The van der Waals surface area contributed by atoms with Crippen molar-refractivity contribution in [1.29, 1.82) is 5.26 Å². The molecular weight excluding hydrogens is 254 g/mol. The zero-order valence-electron chi connectivity index (χ0n) is 10.9. The van der Waals surface area contributed by atoms with E-state index in [1.165, 1.54) is 0 Å². The van der Waals surface area contributed by atoms with Crippen LogP contribution in [0.4, 0.5) is 5.82 Å². The second kappa shape index (κ2) is 5.85. The predicted molar refractivity (Wildman–Crippen MR) is 74.5 cm³/mol. The molecular formula is C15H13N3O2. The molecule has 0 aliphatic heterocycles. The second-order valence-electron chi connectivity index (χ2n) is 4.34. The normalized spacial score (nSPS) is 9.80. The third-order valence-electron chi connectivity index (χ3n) is 2.89. The minimum absolute atomic E-state index is 0.256. The summed E-state index contributed by atoms with van der Waals surface area (Å²) in [7, 11) is 1.84. The fourth-order valence-electron chi connectivity index (χ4n) is 1.89. The van der Waals surface area contributed by atoms with Crippen molar-refractivity contribution in [2.75, 3.05) is 11.9 Å². The van der Waals surface area contributed by atoms with Gasteiger partial charge in [-0.2, -0.15) is 5.26 Å². The van der Waals surface area contributed by atoms with Crippen LogP contribution in [0.5, 0.6) is 0 Å². The van der Waals surface area contributed by atoms with E-state index in [1.807, 2.05) is 11.9 Å². The topological polar surface area (TPSA) is 77.2 Å². The van der Waals surface area contributed by atoms with Gasteiger partial charge in [-0.1, -0.05) is 12.1 Å². The van der Waals surface area contributed by atoms with Crippen LogP contribution in [0.1, 0.15) is 21.5 Å². The average Bonchev–Trinajstić information content (AvgIpc) is 2.47. The Morgan fingerprint density at radius 3 is 2.65 bits per heavy atom. The molecule has 1 N–H and O–H groups in total. The van der Waals surface area contributed by atoms with Crippen molar-refractivity contribution in [3.05, 3.63) is 59.3 Å². The van der Waals surface area contributed by atoms with E-state index in [4.69, 9.17) is 10.4 Å². The molecule has 2 rings (SSSR count). The molecule has 2 aromatic rings. The lowest BCUT2D eigenvalue weighted by Crippen LogP contribution is -2.18. The molecule has 0 bridgehead atoms. The molecule has 0 aliphatic rings. The van der Waals surface area contributed by atoms with Gasteiger partial charge in [0.25, 0.3) is 0 Å². The van der Waals surface area contributed by atoms with Crippen LogP contribution >= 0.6 is 0 Å². The lowest BCUT2D eigenvalue weighted by Gasteiger charge is -2.19. The summed E-state index contributed by atoms with van der Waals surface area (Å²) in [4.78, 5) is 16.8. The number of nitrogens with zero attached hydrogens (tertiary/aromatic N) is 3. The number of hydrogen-bond acceptors (Lipinski definition) is 4. The summed E-state index contributed by atoms with van der Waals surface area (Å²) in [6.45, 7) is 0.547. The van der Waals surface area contributed by atoms with Gasteiger partial charge in [0.15, 0.2) is 0 Å². The van der Waals surface area contributed by atoms with E-state index in [-0.39, 0.29) is 5.56 Å². The third kappa shape index (κ3) is 2.93. The van der Waals surface area contributed by atoms with Gasteiger partial charge in [-0.15, -0.1) is 0 Å². The van der Waals surface area contributed by atoms with Crippen molar-refractivity contribution >= 4 is 11.8 Å². The molecule has 0 aliphatic carbocycles. The van der Waals surface area contributed by atoms with Gasteiger partial charge in [-0.3, -0.25) is 0 Å². The maximum Gasteiger partial charge on any atom is 0.335 e. The standard InChI is InChI=1S/C15H13N3O2/c1-18(14-13(9-16)3-2-8-17-14)10-11-4-6-12(7-5-11)15(19)20/h2-8H,10H2,1H3,(H,19,20). The number of carboxylic acids is 1. The minimum atomic E-state index is -0.943. The van der Waals surface area contributed by atoms with Crippen LogP contribution < -0.4 is 4.90 Å². The average molecular weight is 267 g/mol. The second-order valence-corrected chi connectivity index (χ2v) is 4.34. The molecule has 5 heteroatoms. The largest absolute Gasteiger partial charge is 0.478 e. The number of nitriles is 1. The van der Waals surface area contributed by atoms with Gasteiger partial charge in [0.1, 0.15) is 11.9 Å². The lowest BCUT2D eigenvalue weighted by molar-refractivity contribution is 0.0697. The van der Waals surface area contributed by atoms with Gasteiger partial charge in [-0.25, -0.2) is 9.78 Å². The Bertz CT molecular complexity index is 660. The highest BCUT2D eigenvalue weighted by atomic mass is 16.4. The fourth-order valence-corrected chi connectivity index (χ4v) is 1.89.